The second-order valence-electron chi connectivity index (χ2n) is 8.71. The van der Waals surface area contributed by atoms with E-state index in [4.69, 9.17) is 9.47 Å². The van der Waals surface area contributed by atoms with E-state index < -0.39 is 9.84 Å². The van der Waals surface area contributed by atoms with E-state index in [0.717, 1.165) is 11.4 Å². The SMILES string of the molecule is COc1cccc(OC)c1-n1c(CCCCS(C)(=O)=O)nnc1NSC(C)C(C)c1ncc(C)cn1. The molecule has 36 heavy (non-hydrogen) atoms. The van der Waals surface area contributed by atoms with Crippen molar-refractivity contribution < 1.29 is 17.9 Å². The van der Waals surface area contributed by atoms with Crippen molar-refractivity contribution in [1.82, 2.24) is 24.7 Å². The van der Waals surface area contributed by atoms with Gasteiger partial charge in [-0.1, -0.05) is 19.9 Å². The molecular formula is C24H34N6O4S2. The van der Waals surface area contributed by atoms with Crippen LogP contribution < -0.4 is 14.2 Å². The molecule has 2 atom stereocenters. The minimum atomic E-state index is -3.02. The zero-order valence-electron chi connectivity index (χ0n) is 21.6. The monoisotopic (exact) mass is 534 g/mol. The van der Waals surface area contributed by atoms with Gasteiger partial charge < -0.3 is 9.47 Å². The Labute approximate surface area is 217 Å². The van der Waals surface area contributed by atoms with E-state index in [1.807, 2.05) is 42.1 Å². The summed E-state index contributed by atoms with van der Waals surface area (Å²) in [5.41, 5.74) is 1.70. The van der Waals surface area contributed by atoms with Gasteiger partial charge in [0.15, 0.2) is 0 Å². The summed E-state index contributed by atoms with van der Waals surface area (Å²) >= 11 is 1.50. The molecule has 3 aromatic rings. The van der Waals surface area contributed by atoms with Gasteiger partial charge in [-0.05, 0) is 49.4 Å². The lowest BCUT2D eigenvalue weighted by Crippen LogP contribution is -2.15. The van der Waals surface area contributed by atoms with Crippen LogP contribution in [-0.4, -0.2) is 64.6 Å². The van der Waals surface area contributed by atoms with E-state index in [0.29, 0.717) is 48.2 Å². The molecule has 0 amide bonds. The highest BCUT2D eigenvalue weighted by atomic mass is 32.2. The highest BCUT2D eigenvalue weighted by Gasteiger charge is 2.23. The lowest BCUT2D eigenvalue weighted by Gasteiger charge is -2.20. The van der Waals surface area contributed by atoms with Crippen molar-refractivity contribution in [3.8, 4) is 17.2 Å². The van der Waals surface area contributed by atoms with Gasteiger partial charge in [-0.3, -0.25) is 9.29 Å². The zero-order valence-corrected chi connectivity index (χ0v) is 23.2. The van der Waals surface area contributed by atoms with Gasteiger partial charge in [0.2, 0.25) is 5.95 Å². The largest absolute Gasteiger partial charge is 0.494 e. The molecule has 1 N–H and O–H groups in total. The summed E-state index contributed by atoms with van der Waals surface area (Å²) in [6.07, 6.45) is 6.62. The number of aryl methyl sites for hydroxylation is 2. The number of sulfone groups is 1. The van der Waals surface area contributed by atoms with Crippen LogP contribution in [0.5, 0.6) is 11.5 Å². The lowest BCUT2D eigenvalue weighted by atomic mass is 10.1. The van der Waals surface area contributed by atoms with E-state index >= 15 is 0 Å². The first-order valence-electron chi connectivity index (χ1n) is 11.7. The summed E-state index contributed by atoms with van der Waals surface area (Å²) in [7, 11) is 0.180. The highest BCUT2D eigenvalue weighted by molar-refractivity contribution is 8.01. The lowest BCUT2D eigenvalue weighted by molar-refractivity contribution is 0.390. The number of hydrogen-bond donors (Lipinski definition) is 1. The van der Waals surface area contributed by atoms with Crippen LogP contribution in [0, 0.1) is 6.92 Å². The fourth-order valence-corrected chi connectivity index (χ4v) is 5.05. The third-order valence-corrected chi connectivity index (χ3v) is 7.88. The number of hydrogen-bond acceptors (Lipinski definition) is 10. The van der Waals surface area contributed by atoms with Crippen molar-refractivity contribution in [3.63, 3.8) is 0 Å². The Bertz CT molecular complexity index is 1230. The van der Waals surface area contributed by atoms with Gasteiger partial charge in [0, 0.05) is 42.0 Å². The number of benzene rings is 1. The Balaban J connectivity index is 1.87. The smallest absolute Gasteiger partial charge is 0.239 e. The number of nitrogens with zero attached hydrogens (tertiary/aromatic N) is 5. The Morgan fingerprint density at radius 2 is 1.69 bits per heavy atom. The summed E-state index contributed by atoms with van der Waals surface area (Å²) in [4.78, 5) is 8.93. The number of anilines is 1. The number of para-hydroxylation sites is 1. The van der Waals surface area contributed by atoms with Crippen molar-refractivity contribution in [1.29, 1.82) is 0 Å². The Morgan fingerprint density at radius 1 is 1.06 bits per heavy atom. The fraction of sp³-hybridized carbons (Fsp3) is 0.500. The van der Waals surface area contributed by atoms with Gasteiger partial charge in [0.25, 0.3) is 0 Å². The molecule has 1 aromatic carbocycles. The Hall–Kier alpha value is -2.86. The predicted octanol–water partition coefficient (Wildman–Crippen LogP) is 4.00. The summed E-state index contributed by atoms with van der Waals surface area (Å²) in [5.74, 6) is 3.42. The first kappa shape index (κ1) is 27.7. The van der Waals surface area contributed by atoms with E-state index in [9.17, 15) is 8.42 Å². The quantitative estimate of drug-likeness (QED) is 0.254. The van der Waals surface area contributed by atoms with Crippen LogP contribution in [0.25, 0.3) is 5.69 Å². The molecule has 196 valence electrons. The summed E-state index contributed by atoms with van der Waals surface area (Å²) < 4.78 is 39.6. The minimum Gasteiger partial charge on any atom is -0.494 e. The second kappa shape index (κ2) is 12.4. The molecule has 10 nitrogen and oxygen atoms in total. The van der Waals surface area contributed by atoms with E-state index in [1.165, 1.54) is 18.2 Å². The molecule has 3 rings (SSSR count). The van der Waals surface area contributed by atoms with Crippen LogP contribution >= 0.6 is 11.9 Å². The maximum absolute atomic E-state index is 11.5. The number of ether oxygens (including phenoxy) is 2. The molecule has 0 saturated carbocycles. The number of aromatic nitrogens is 5. The molecule has 2 heterocycles. The molecule has 0 bridgehead atoms. The van der Waals surface area contributed by atoms with Crippen molar-refractivity contribution in [2.24, 2.45) is 0 Å². The number of nitrogens with one attached hydrogen (secondary N) is 1. The van der Waals surface area contributed by atoms with Crippen molar-refractivity contribution >= 4 is 27.7 Å². The van der Waals surface area contributed by atoms with Crippen LogP contribution in [0.2, 0.25) is 0 Å². The molecule has 0 aliphatic heterocycles. The number of rotatable bonds is 13. The van der Waals surface area contributed by atoms with Gasteiger partial charge >= 0.3 is 0 Å². The van der Waals surface area contributed by atoms with E-state index in [2.05, 4.69) is 38.7 Å². The number of unbranched alkanes of at least 4 members (excludes halogenated alkanes) is 1. The standard InChI is InChI=1S/C24H34N6O4S2/c1-16-14-25-23(26-15-16)17(2)18(3)35-29-24-28-27-21(12-7-8-13-36(6,31)32)30(24)22-19(33-4)10-9-11-20(22)34-5/h9-11,14-15,17-18H,7-8,12-13H2,1-6H3,(H,28,29). The molecule has 0 aliphatic carbocycles. The summed E-state index contributed by atoms with van der Waals surface area (Å²) in [6, 6.07) is 5.55. The average Bonchev–Trinajstić information content (AvgIpc) is 3.26. The zero-order chi connectivity index (χ0) is 26.3. The highest BCUT2D eigenvalue weighted by Crippen LogP contribution is 2.36. The van der Waals surface area contributed by atoms with Crippen molar-refractivity contribution in [2.75, 3.05) is 31.0 Å². The molecule has 0 fully saturated rings. The number of methoxy groups -OCH3 is 2. The molecule has 0 aliphatic rings. The van der Waals surface area contributed by atoms with Gasteiger partial charge in [0.1, 0.15) is 38.7 Å². The first-order chi connectivity index (χ1) is 17.1. The Morgan fingerprint density at radius 3 is 2.28 bits per heavy atom. The molecule has 0 radical (unpaired) electrons. The van der Waals surface area contributed by atoms with Crippen LogP contribution in [0.3, 0.4) is 0 Å². The topological polar surface area (TPSA) is 121 Å². The summed E-state index contributed by atoms with van der Waals surface area (Å²) in [5, 5.41) is 8.95. The maximum Gasteiger partial charge on any atom is 0.239 e. The van der Waals surface area contributed by atoms with Gasteiger partial charge in [-0.2, -0.15) is 0 Å². The average molecular weight is 535 g/mol. The normalized spacial score (nSPS) is 13.3. The molecule has 12 heteroatoms. The molecule has 0 saturated heterocycles. The van der Waals surface area contributed by atoms with Crippen LogP contribution in [0.15, 0.2) is 30.6 Å². The van der Waals surface area contributed by atoms with Crippen LogP contribution in [0.1, 0.15) is 49.8 Å². The van der Waals surface area contributed by atoms with E-state index in [1.54, 1.807) is 14.2 Å². The molecule has 2 unspecified atom stereocenters. The molecule has 2 aromatic heterocycles. The van der Waals surface area contributed by atoms with Gasteiger partial charge in [-0.25, -0.2) is 18.4 Å². The Kier molecular flexibility index (Phi) is 9.55. The molecular weight excluding hydrogens is 500 g/mol. The first-order valence-corrected chi connectivity index (χ1v) is 14.6. The van der Waals surface area contributed by atoms with Crippen molar-refractivity contribution in [2.45, 2.75) is 51.2 Å². The fourth-order valence-electron chi connectivity index (χ4n) is 3.57. The third kappa shape index (κ3) is 7.10. The van der Waals surface area contributed by atoms with Gasteiger partial charge in [0.05, 0.1) is 14.2 Å². The second-order valence-corrected chi connectivity index (χ2v) is 12.1. The van der Waals surface area contributed by atoms with E-state index in [-0.39, 0.29) is 16.9 Å². The van der Waals surface area contributed by atoms with Crippen LogP contribution in [0.4, 0.5) is 5.95 Å². The maximum atomic E-state index is 11.5. The predicted molar refractivity (Wildman–Crippen MR) is 143 cm³/mol. The van der Waals surface area contributed by atoms with Crippen molar-refractivity contribution in [3.05, 3.63) is 47.8 Å². The van der Waals surface area contributed by atoms with Gasteiger partial charge in [-0.15, -0.1) is 10.2 Å². The molecule has 0 spiro atoms. The third-order valence-electron chi connectivity index (χ3n) is 5.77. The minimum absolute atomic E-state index is 0.0933. The van der Waals surface area contributed by atoms with Crippen LogP contribution in [-0.2, 0) is 16.3 Å². The summed E-state index contributed by atoms with van der Waals surface area (Å²) in [6.45, 7) is 6.15.